The Morgan fingerprint density at radius 2 is 1.83 bits per heavy atom. The van der Waals surface area contributed by atoms with Gasteiger partial charge < -0.3 is 4.74 Å². The summed E-state index contributed by atoms with van der Waals surface area (Å²) in [7, 11) is -3.67. The van der Waals surface area contributed by atoms with E-state index in [0.717, 1.165) is 17.5 Å². The molecule has 0 amide bonds. The Morgan fingerprint density at radius 1 is 1.07 bits per heavy atom. The number of amidine groups is 1. The smallest absolute Gasteiger partial charge is 0.328 e. The summed E-state index contributed by atoms with van der Waals surface area (Å²) >= 11 is 0. The van der Waals surface area contributed by atoms with Gasteiger partial charge in [0.1, 0.15) is 12.4 Å². The Balaban J connectivity index is 1.64. The zero-order valence-electron chi connectivity index (χ0n) is 16.3. The van der Waals surface area contributed by atoms with Gasteiger partial charge >= 0.3 is 5.97 Å². The summed E-state index contributed by atoms with van der Waals surface area (Å²) in [6.07, 6.45) is 1.51. The van der Waals surface area contributed by atoms with Crippen molar-refractivity contribution in [2.45, 2.75) is 31.6 Å². The van der Waals surface area contributed by atoms with Crippen molar-refractivity contribution in [3.63, 3.8) is 0 Å². The Hall–Kier alpha value is -3.00. The molecule has 2 aromatic carbocycles. The lowest BCUT2D eigenvalue weighted by molar-refractivity contribution is -0.140. The van der Waals surface area contributed by atoms with Crippen LogP contribution in [0.3, 0.4) is 0 Å². The van der Waals surface area contributed by atoms with Crippen molar-refractivity contribution >= 4 is 27.6 Å². The summed E-state index contributed by atoms with van der Waals surface area (Å²) in [5, 5.41) is 0. The van der Waals surface area contributed by atoms with Crippen LogP contribution < -0.4 is 4.72 Å². The number of benzene rings is 2. The number of aliphatic imine (C=N–C) groups is 1. The van der Waals surface area contributed by atoms with Crippen molar-refractivity contribution in [1.82, 2.24) is 4.72 Å². The first-order chi connectivity index (χ1) is 13.9. The van der Waals surface area contributed by atoms with Gasteiger partial charge in [-0.3, -0.25) is 19.3 Å². The van der Waals surface area contributed by atoms with E-state index in [0.29, 0.717) is 17.5 Å². The number of carbonyl (C=O) groups is 2. The molecular weight excluding hydrogens is 392 g/mol. The highest BCUT2D eigenvalue weighted by molar-refractivity contribution is 7.90. The quantitative estimate of drug-likeness (QED) is 0.553. The fourth-order valence-electron chi connectivity index (χ4n) is 3.08. The first-order valence-corrected chi connectivity index (χ1v) is 10.8. The summed E-state index contributed by atoms with van der Waals surface area (Å²) in [6.45, 7) is 3.19. The number of ether oxygens (including phenoxy) is 1. The second kappa shape index (κ2) is 8.57. The van der Waals surface area contributed by atoms with Gasteiger partial charge in [0.05, 0.1) is 4.90 Å². The third-order valence-electron chi connectivity index (χ3n) is 4.66. The molecule has 0 unspecified atom stereocenters. The van der Waals surface area contributed by atoms with Crippen LogP contribution in [0, 0.1) is 0 Å². The lowest BCUT2D eigenvalue weighted by Gasteiger charge is -2.09. The highest BCUT2D eigenvalue weighted by atomic mass is 32.2. The number of nitrogens with zero attached hydrogens (tertiary/aromatic N) is 1. The first-order valence-electron chi connectivity index (χ1n) is 9.33. The third kappa shape index (κ3) is 4.54. The van der Waals surface area contributed by atoms with Crippen LogP contribution >= 0.6 is 0 Å². The third-order valence-corrected chi connectivity index (χ3v) is 6.05. The van der Waals surface area contributed by atoms with Gasteiger partial charge in [0.15, 0.2) is 6.61 Å². The van der Waals surface area contributed by atoms with E-state index in [4.69, 9.17) is 4.74 Å². The Kier molecular flexibility index (Phi) is 6.12. The molecule has 8 heteroatoms. The fourth-order valence-corrected chi connectivity index (χ4v) is 4.33. The summed E-state index contributed by atoms with van der Waals surface area (Å²) < 4.78 is 31.5. The largest absolute Gasteiger partial charge is 0.456 e. The maximum Gasteiger partial charge on any atom is 0.328 e. The average Bonchev–Trinajstić information content (AvgIpc) is 3.00. The Labute approximate surface area is 169 Å². The second-order valence-corrected chi connectivity index (χ2v) is 8.20. The van der Waals surface area contributed by atoms with Crippen LogP contribution in [-0.4, -0.2) is 39.2 Å². The van der Waals surface area contributed by atoms with Crippen LogP contribution in [0.25, 0.3) is 0 Å². The normalized spacial score (nSPS) is 15.6. The summed E-state index contributed by atoms with van der Waals surface area (Å²) in [5.41, 5.74) is 2.90. The van der Waals surface area contributed by atoms with Crippen LogP contribution in [0.4, 0.5) is 0 Å². The molecule has 0 fully saturated rings. The SMILES string of the molecule is CCc1ccc(CC)c(C(=O)COC(=O)CN=C2NS(=O)(=O)c3ccccc32)c1. The van der Waals surface area contributed by atoms with Gasteiger partial charge in [0, 0.05) is 11.1 Å². The summed E-state index contributed by atoms with van der Waals surface area (Å²) in [5.74, 6) is -0.892. The number of ketones is 1. The molecule has 0 aromatic heterocycles. The van der Waals surface area contributed by atoms with Gasteiger partial charge in [-0.2, -0.15) is 0 Å². The standard InChI is InChI=1S/C21H22N2O5S/c1-3-14-9-10-15(4-2)17(11-14)18(24)13-28-20(25)12-22-21-16-7-5-6-8-19(16)29(26,27)23-21/h5-11H,3-4,12-13H2,1-2H3,(H,22,23). The van der Waals surface area contributed by atoms with E-state index >= 15 is 0 Å². The zero-order chi connectivity index (χ0) is 21.0. The Bertz CT molecular complexity index is 1090. The number of esters is 1. The van der Waals surface area contributed by atoms with Gasteiger partial charge in [0.25, 0.3) is 10.0 Å². The maximum absolute atomic E-state index is 12.5. The molecule has 1 N–H and O–H groups in total. The van der Waals surface area contributed by atoms with E-state index in [-0.39, 0.29) is 23.1 Å². The monoisotopic (exact) mass is 414 g/mol. The van der Waals surface area contributed by atoms with Crippen molar-refractivity contribution in [2.75, 3.05) is 13.2 Å². The topological polar surface area (TPSA) is 102 Å². The average molecular weight is 414 g/mol. The van der Waals surface area contributed by atoms with Crippen LogP contribution in [0.5, 0.6) is 0 Å². The van der Waals surface area contributed by atoms with Gasteiger partial charge in [0.2, 0.25) is 5.78 Å². The molecule has 1 heterocycles. The molecule has 1 aliphatic rings. The maximum atomic E-state index is 12.5. The molecule has 0 radical (unpaired) electrons. The van der Waals surface area contributed by atoms with E-state index in [1.54, 1.807) is 18.2 Å². The minimum Gasteiger partial charge on any atom is -0.456 e. The van der Waals surface area contributed by atoms with E-state index in [1.807, 2.05) is 32.0 Å². The van der Waals surface area contributed by atoms with Crippen LogP contribution in [0.2, 0.25) is 0 Å². The molecule has 0 spiro atoms. The second-order valence-electron chi connectivity index (χ2n) is 6.55. The lowest BCUT2D eigenvalue weighted by Crippen LogP contribution is -2.24. The van der Waals surface area contributed by atoms with Crippen molar-refractivity contribution in [3.8, 4) is 0 Å². The minimum atomic E-state index is -3.67. The van der Waals surface area contributed by atoms with Crippen LogP contribution in [0.15, 0.2) is 52.4 Å². The highest BCUT2D eigenvalue weighted by Crippen LogP contribution is 2.22. The van der Waals surface area contributed by atoms with Gasteiger partial charge in [-0.25, -0.2) is 8.42 Å². The number of rotatable bonds is 7. The van der Waals surface area contributed by atoms with Crippen LogP contribution in [0.1, 0.15) is 40.9 Å². The van der Waals surface area contributed by atoms with Gasteiger partial charge in [-0.1, -0.05) is 38.1 Å². The molecule has 29 heavy (non-hydrogen) atoms. The summed E-state index contributed by atoms with van der Waals surface area (Å²) in [4.78, 5) is 28.7. The van der Waals surface area contributed by atoms with Crippen molar-refractivity contribution in [3.05, 3.63) is 64.7 Å². The van der Waals surface area contributed by atoms with Crippen LogP contribution in [-0.2, 0) is 32.4 Å². The molecule has 3 rings (SSSR count). The molecule has 0 atom stereocenters. The van der Waals surface area contributed by atoms with E-state index < -0.39 is 22.5 Å². The van der Waals surface area contributed by atoms with E-state index in [2.05, 4.69) is 9.71 Å². The molecule has 2 aromatic rings. The number of fused-ring (bicyclic) bond motifs is 1. The Morgan fingerprint density at radius 3 is 2.55 bits per heavy atom. The number of carbonyl (C=O) groups excluding carboxylic acids is 2. The first kappa shape index (κ1) is 20.7. The number of nitrogens with one attached hydrogen (secondary N) is 1. The molecule has 152 valence electrons. The molecule has 0 bridgehead atoms. The zero-order valence-corrected chi connectivity index (χ0v) is 17.1. The fraction of sp³-hybridized carbons (Fsp3) is 0.286. The number of hydrogen-bond donors (Lipinski definition) is 1. The molecule has 0 aliphatic carbocycles. The van der Waals surface area contributed by atoms with Crippen molar-refractivity contribution in [1.29, 1.82) is 0 Å². The highest BCUT2D eigenvalue weighted by Gasteiger charge is 2.30. The molecule has 0 saturated carbocycles. The van der Waals surface area contributed by atoms with Crippen molar-refractivity contribution < 1.29 is 22.7 Å². The summed E-state index contributed by atoms with van der Waals surface area (Å²) in [6, 6.07) is 12.1. The van der Waals surface area contributed by atoms with E-state index in [9.17, 15) is 18.0 Å². The predicted molar refractivity (Wildman–Crippen MR) is 109 cm³/mol. The van der Waals surface area contributed by atoms with E-state index in [1.165, 1.54) is 6.07 Å². The van der Waals surface area contributed by atoms with Crippen molar-refractivity contribution in [2.24, 2.45) is 4.99 Å². The molecule has 0 saturated heterocycles. The molecular formula is C21H22N2O5S. The lowest BCUT2D eigenvalue weighted by atomic mass is 9.98. The molecule has 1 aliphatic heterocycles. The predicted octanol–water partition coefficient (Wildman–Crippen LogP) is 2.28. The minimum absolute atomic E-state index is 0.0905. The molecule has 7 nitrogen and oxygen atoms in total. The van der Waals surface area contributed by atoms with Gasteiger partial charge in [-0.05, 0) is 42.2 Å². The number of hydrogen-bond acceptors (Lipinski definition) is 6. The van der Waals surface area contributed by atoms with Gasteiger partial charge in [-0.15, -0.1) is 0 Å². The number of sulfonamides is 1. The number of aryl methyl sites for hydroxylation is 2. The number of Topliss-reactive ketones (excluding diaryl/α,β-unsaturated/α-hetero) is 1.